The van der Waals surface area contributed by atoms with Gasteiger partial charge in [0.2, 0.25) is 0 Å². The zero-order chi connectivity index (χ0) is 13.1. The maximum Gasteiger partial charge on any atom is 0.127 e. The zero-order valence-corrected chi connectivity index (χ0v) is 11.9. The fraction of sp³-hybridized carbons (Fsp3) is 0.733. The number of allylic oxidation sites excluding steroid dienone is 2. The van der Waals surface area contributed by atoms with Crippen LogP contribution in [0.3, 0.4) is 0 Å². The molecular formula is C15H22ClFO. The molecule has 0 spiro atoms. The molecule has 0 aromatic rings. The molecule has 0 fully saturated rings. The first-order valence-corrected chi connectivity index (χ1v) is 7.41. The minimum Gasteiger partial charge on any atom is -0.373 e. The third kappa shape index (κ3) is 2.65. The van der Waals surface area contributed by atoms with Gasteiger partial charge in [-0.3, -0.25) is 0 Å². The Morgan fingerprint density at radius 2 is 2.28 bits per heavy atom. The molecule has 0 radical (unpaired) electrons. The lowest BCUT2D eigenvalue weighted by Crippen LogP contribution is -2.39. The Hall–Kier alpha value is -0.340. The molecule has 102 valence electrons. The van der Waals surface area contributed by atoms with Crippen LogP contribution in [0.25, 0.3) is 0 Å². The van der Waals surface area contributed by atoms with E-state index in [0.717, 1.165) is 30.4 Å². The molecule has 1 heterocycles. The van der Waals surface area contributed by atoms with Gasteiger partial charge in [0.1, 0.15) is 6.17 Å². The van der Waals surface area contributed by atoms with E-state index in [-0.39, 0.29) is 17.4 Å². The summed E-state index contributed by atoms with van der Waals surface area (Å²) in [6.45, 7) is 4.67. The van der Waals surface area contributed by atoms with Gasteiger partial charge in [-0.15, -0.1) is 11.6 Å². The Morgan fingerprint density at radius 3 is 2.94 bits per heavy atom. The fourth-order valence-electron chi connectivity index (χ4n) is 2.97. The first kappa shape index (κ1) is 14.1. The molecule has 0 amide bonds. The molecule has 18 heavy (non-hydrogen) atoms. The smallest absolute Gasteiger partial charge is 0.127 e. The van der Waals surface area contributed by atoms with Crippen LogP contribution in [0.2, 0.25) is 0 Å². The molecular weight excluding hydrogens is 251 g/mol. The van der Waals surface area contributed by atoms with Crippen molar-refractivity contribution < 1.29 is 9.13 Å². The fourth-order valence-corrected chi connectivity index (χ4v) is 3.27. The van der Waals surface area contributed by atoms with Crippen LogP contribution in [-0.2, 0) is 4.74 Å². The standard InChI is InChI=1S/C15H22ClFO/c1-3-6-14-15(12(16)4-2)10-7-5-8-13(17)11(10)9-18-14/h5,7,12-15H,3-4,6,8-9H2,1-2H3. The van der Waals surface area contributed by atoms with Crippen molar-refractivity contribution in [2.24, 2.45) is 5.92 Å². The van der Waals surface area contributed by atoms with Gasteiger partial charge in [0.05, 0.1) is 12.7 Å². The first-order chi connectivity index (χ1) is 8.69. The SMILES string of the molecule is CCCC1OCC2=C(C=CCC2F)C1C(Cl)CC. The largest absolute Gasteiger partial charge is 0.373 e. The van der Waals surface area contributed by atoms with Gasteiger partial charge >= 0.3 is 0 Å². The Morgan fingerprint density at radius 1 is 1.50 bits per heavy atom. The van der Waals surface area contributed by atoms with E-state index >= 15 is 0 Å². The number of hydrogen-bond acceptors (Lipinski definition) is 1. The van der Waals surface area contributed by atoms with E-state index in [1.807, 2.05) is 6.08 Å². The van der Waals surface area contributed by atoms with Crippen molar-refractivity contribution >= 4 is 11.6 Å². The second kappa shape index (κ2) is 6.21. The van der Waals surface area contributed by atoms with Crippen LogP contribution >= 0.6 is 11.6 Å². The molecule has 0 aromatic heterocycles. The highest BCUT2D eigenvalue weighted by molar-refractivity contribution is 6.21. The predicted octanol–water partition coefficient (Wildman–Crippen LogP) is 4.41. The Bertz CT molecular complexity index is 350. The topological polar surface area (TPSA) is 9.23 Å². The molecule has 1 nitrogen and oxygen atoms in total. The van der Waals surface area contributed by atoms with E-state index in [1.54, 1.807) is 0 Å². The summed E-state index contributed by atoms with van der Waals surface area (Å²) in [6.07, 6.45) is 6.71. The summed E-state index contributed by atoms with van der Waals surface area (Å²) in [6, 6.07) is 0. The Labute approximate surface area is 114 Å². The number of halogens is 2. The van der Waals surface area contributed by atoms with Crippen molar-refractivity contribution in [3.8, 4) is 0 Å². The normalized spacial score (nSPS) is 33.4. The lowest BCUT2D eigenvalue weighted by molar-refractivity contribution is 0.00946. The molecule has 2 aliphatic rings. The molecule has 2 rings (SSSR count). The quantitative estimate of drug-likeness (QED) is 0.689. The van der Waals surface area contributed by atoms with E-state index < -0.39 is 6.17 Å². The van der Waals surface area contributed by atoms with Gasteiger partial charge in [0.15, 0.2) is 0 Å². The van der Waals surface area contributed by atoms with Crippen LogP contribution in [0.4, 0.5) is 4.39 Å². The average Bonchev–Trinajstić information content (AvgIpc) is 2.38. The van der Waals surface area contributed by atoms with Crippen LogP contribution in [0.1, 0.15) is 39.5 Å². The second-order valence-electron chi connectivity index (χ2n) is 5.17. The lowest BCUT2D eigenvalue weighted by Gasteiger charge is -2.39. The monoisotopic (exact) mass is 272 g/mol. The maximum atomic E-state index is 13.9. The third-order valence-corrected chi connectivity index (χ3v) is 4.53. The lowest BCUT2D eigenvalue weighted by atomic mass is 9.79. The van der Waals surface area contributed by atoms with Gasteiger partial charge in [0.25, 0.3) is 0 Å². The highest BCUT2D eigenvalue weighted by Crippen LogP contribution is 2.40. The van der Waals surface area contributed by atoms with Gasteiger partial charge in [0, 0.05) is 17.7 Å². The summed E-state index contributed by atoms with van der Waals surface area (Å²) in [7, 11) is 0. The molecule has 0 N–H and O–H groups in total. The van der Waals surface area contributed by atoms with Gasteiger partial charge in [-0.2, -0.15) is 0 Å². The summed E-state index contributed by atoms with van der Waals surface area (Å²) in [5.41, 5.74) is 1.94. The summed E-state index contributed by atoms with van der Waals surface area (Å²) in [5, 5.41) is 0.0294. The summed E-state index contributed by atoms with van der Waals surface area (Å²) < 4.78 is 19.8. The van der Waals surface area contributed by atoms with Crippen molar-refractivity contribution in [2.75, 3.05) is 6.61 Å². The second-order valence-corrected chi connectivity index (χ2v) is 5.73. The van der Waals surface area contributed by atoms with E-state index in [0.29, 0.717) is 13.0 Å². The average molecular weight is 273 g/mol. The Balaban J connectivity index is 2.30. The number of alkyl halides is 2. The third-order valence-electron chi connectivity index (χ3n) is 3.95. The van der Waals surface area contributed by atoms with Crippen molar-refractivity contribution in [2.45, 2.75) is 57.2 Å². The van der Waals surface area contributed by atoms with Crippen molar-refractivity contribution in [1.82, 2.24) is 0 Å². The number of ether oxygens (including phenoxy) is 1. The van der Waals surface area contributed by atoms with E-state index in [2.05, 4.69) is 19.9 Å². The van der Waals surface area contributed by atoms with E-state index in [9.17, 15) is 4.39 Å². The molecule has 0 saturated carbocycles. The summed E-state index contributed by atoms with van der Waals surface area (Å²) >= 11 is 6.47. The predicted molar refractivity (Wildman–Crippen MR) is 73.7 cm³/mol. The Kier molecular flexibility index (Phi) is 4.85. The van der Waals surface area contributed by atoms with Gasteiger partial charge in [-0.1, -0.05) is 32.4 Å². The molecule has 4 unspecified atom stereocenters. The van der Waals surface area contributed by atoms with Gasteiger partial charge in [-0.05, 0) is 24.0 Å². The number of rotatable bonds is 4. The first-order valence-electron chi connectivity index (χ1n) is 6.98. The molecule has 0 bridgehead atoms. The van der Waals surface area contributed by atoms with Crippen LogP contribution in [0.15, 0.2) is 23.3 Å². The van der Waals surface area contributed by atoms with Gasteiger partial charge in [-0.25, -0.2) is 4.39 Å². The molecule has 1 aliphatic carbocycles. The van der Waals surface area contributed by atoms with Crippen LogP contribution in [-0.4, -0.2) is 24.3 Å². The van der Waals surface area contributed by atoms with Crippen LogP contribution < -0.4 is 0 Å². The molecule has 0 saturated heterocycles. The molecule has 4 atom stereocenters. The summed E-state index contributed by atoms with van der Waals surface area (Å²) in [4.78, 5) is 0. The molecule has 1 aliphatic heterocycles. The van der Waals surface area contributed by atoms with E-state index in [1.165, 1.54) is 0 Å². The van der Waals surface area contributed by atoms with Crippen molar-refractivity contribution in [3.05, 3.63) is 23.3 Å². The minimum atomic E-state index is -0.879. The van der Waals surface area contributed by atoms with Crippen LogP contribution in [0, 0.1) is 5.92 Å². The highest BCUT2D eigenvalue weighted by Gasteiger charge is 2.37. The summed E-state index contributed by atoms with van der Waals surface area (Å²) in [5.74, 6) is 0.148. The van der Waals surface area contributed by atoms with Crippen LogP contribution in [0.5, 0.6) is 0 Å². The van der Waals surface area contributed by atoms with Crippen molar-refractivity contribution in [1.29, 1.82) is 0 Å². The maximum absolute atomic E-state index is 13.9. The number of hydrogen-bond donors (Lipinski definition) is 0. The van der Waals surface area contributed by atoms with Crippen molar-refractivity contribution in [3.63, 3.8) is 0 Å². The van der Waals surface area contributed by atoms with Gasteiger partial charge < -0.3 is 4.74 Å². The molecule has 0 aromatic carbocycles. The van der Waals surface area contributed by atoms with E-state index in [4.69, 9.17) is 16.3 Å². The molecule has 3 heteroatoms. The highest BCUT2D eigenvalue weighted by atomic mass is 35.5. The minimum absolute atomic E-state index is 0.0294. The zero-order valence-electron chi connectivity index (χ0n) is 11.2.